The molecule has 0 radical (unpaired) electrons. The van der Waals surface area contributed by atoms with Crippen LogP contribution in [0.25, 0.3) is 0 Å². The molecule has 282 valence electrons. The largest absolute Gasteiger partial charge is 0.407 e. The molecule has 2 aromatic carbocycles. The molecule has 0 amide bonds. The molecule has 7 heteroatoms. The van der Waals surface area contributed by atoms with Gasteiger partial charge in [0.2, 0.25) is 0 Å². The van der Waals surface area contributed by atoms with Crippen LogP contribution < -0.4 is 10.4 Å². The molecular weight excluding hydrogens is 653 g/mol. The van der Waals surface area contributed by atoms with Crippen molar-refractivity contribution in [2.75, 3.05) is 6.61 Å². The summed E-state index contributed by atoms with van der Waals surface area (Å²) in [6.45, 7) is 23.1. The van der Waals surface area contributed by atoms with Crippen molar-refractivity contribution in [2.45, 2.75) is 160 Å². The van der Waals surface area contributed by atoms with Gasteiger partial charge in [-0.1, -0.05) is 122 Å². The average Bonchev–Trinajstić information content (AvgIpc) is 3.62. The first-order valence-corrected chi connectivity index (χ1v) is 21.9. The van der Waals surface area contributed by atoms with Gasteiger partial charge in [-0.25, -0.2) is 0 Å². The van der Waals surface area contributed by atoms with Crippen LogP contribution in [0.5, 0.6) is 0 Å². The summed E-state index contributed by atoms with van der Waals surface area (Å²) in [4.78, 5) is 0. The lowest BCUT2D eigenvalue weighted by molar-refractivity contribution is -0.400. The lowest BCUT2D eigenvalue weighted by Gasteiger charge is -2.54. The monoisotopic (exact) mass is 718 g/mol. The van der Waals surface area contributed by atoms with Crippen molar-refractivity contribution < 1.29 is 28.5 Å². The number of epoxide rings is 1. The highest BCUT2D eigenvalue weighted by molar-refractivity contribution is 6.99. The number of aliphatic hydroxyl groups is 1. The zero-order chi connectivity index (χ0) is 36.9. The maximum atomic E-state index is 11.7. The Hall–Kier alpha value is -1.84. The van der Waals surface area contributed by atoms with E-state index in [0.717, 1.165) is 32.1 Å². The van der Waals surface area contributed by atoms with E-state index in [2.05, 4.69) is 142 Å². The molecule has 4 aliphatic heterocycles. The summed E-state index contributed by atoms with van der Waals surface area (Å²) in [5.41, 5.74) is -0.805. The second-order valence-electron chi connectivity index (χ2n) is 17.8. The fraction of sp³-hybridized carbons (Fsp3) is 0.682. The van der Waals surface area contributed by atoms with Crippen molar-refractivity contribution in [3.8, 4) is 0 Å². The minimum absolute atomic E-state index is 0.0521. The fourth-order valence-corrected chi connectivity index (χ4v) is 14.5. The van der Waals surface area contributed by atoms with Gasteiger partial charge in [-0.15, -0.1) is 0 Å². The van der Waals surface area contributed by atoms with E-state index in [0.29, 0.717) is 25.4 Å². The van der Waals surface area contributed by atoms with E-state index >= 15 is 0 Å². The molecule has 0 bridgehead atoms. The van der Waals surface area contributed by atoms with Crippen LogP contribution in [0.3, 0.4) is 0 Å². The molecule has 4 aliphatic rings. The molecule has 2 unspecified atom stereocenters. The number of aliphatic hydroxyl groups excluding tert-OH is 1. The number of rotatable bonds is 12. The van der Waals surface area contributed by atoms with Gasteiger partial charge in [-0.05, 0) is 79.8 Å². The first-order chi connectivity index (χ1) is 24.1. The van der Waals surface area contributed by atoms with Crippen molar-refractivity contribution in [3.63, 3.8) is 0 Å². The van der Waals surface area contributed by atoms with E-state index in [-0.39, 0.29) is 40.6 Å². The van der Waals surface area contributed by atoms with Gasteiger partial charge in [-0.2, -0.15) is 0 Å². The highest BCUT2D eigenvalue weighted by Crippen LogP contribution is 2.56. The average molecular weight is 719 g/mol. The van der Waals surface area contributed by atoms with E-state index in [1.54, 1.807) is 0 Å². The Morgan fingerprint density at radius 3 is 2.04 bits per heavy atom. The molecule has 11 atom stereocenters. The quantitative estimate of drug-likeness (QED) is 0.135. The minimum Gasteiger partial charge on any atom is -0.407 e. The third kappa shape index (κ3) is 6.99. The summed E-state index contributed by atoms with van der Waals surface area (Å²) in [6, 6.07) is 21.8. The third-order valence-electron chi connectivity index (χ3n) is 13.4. The van der Waals surface area contributed by atoms with E-state index < -0.39 is 31.6 Å². The zero-order valence-electron chi connectivity index (χ0n) is 33.1. The Morgan fingerprint density at radius 1 is 0.902 bits per heavy atom. The van der Waals surface area contributed by atoms with Gasteiger partial charge in [0, 0.05) is 30.8 Å². The van der Waals surface area contributed by atoms with Crippen molar-refractivity contribution in [3.05, 3.63) is 72.8 Å². The first-order valence-electron chi connectivity index (χ1n) is 20.0. The smallest absolute Gasteiger partial charge is 0.261 e. The Kier molecular flexibility index (Phi) is 11.0. The molecule has 0 aliphatic carbocycles. The van der Waals surface area contributed by atoms with Crippen molar-refractivity contribution >= 4 is 18.7 Å². The van der Waals surface area contributed by atoms with Crippen LogP contribution >= 0.6 is 0 Å². The molecule has 3 fully saturated rings. The zero-order valence-corrected chi connectivity index (χ0v) is 34.1. The predicted molar refractivity (Wildman–Crippen MR) is 208 cm³/mol. The molecule has 3 saturated heterocycles. The summed E-state index contributed by atoms with van der Waals surface area (Å²) in [5, 5.41) is 14.2. The van der Waals surface area contributed by atoms with Crippen molar-refractivity contribution in [1.82, 2.24) is 0 Å². The molecule has 2 aromatic rings. The molecule has 0 saturated carbocycles. The maximum Gasteiger partial charge on any atom is 0.261 e. The SMILES string of the molecule is CC[C@@H](CO[Si](c1ccccc1)(c1ccccc1)C(C)(C)C)[C@H]1O[C@@]2(C=CC[C@]3(O[C@@](CC)([C@@H](O)CCC4(C)OC4C)C[C@H]3C)O2)[C@H](C)C[C@@H]1C. The molecule has 4 heterocycles. The lowest BCUT2D eigenvalue weighted by atomic mass is 9.77. The van der Waals surface area contributed by atoms with E-state index in [4.69, 9.17) is 23.4 Å². The Balaban J connectivity index is 1.25. The van der Waals surface area contributed by atoms with E-state index in [9.17, 15) is 5.11 Å². The topological polar surface area (TPSA) is 69.7 Å². The van der Waals surface area contributed by atoms with Gasteiger partial charge < -0.3 is 28.5 Å². The highest BCUT2D eigenvalue weighted by atomic mass is 28.4. The fourth-order valence-electron chi connectivity index (χ4n) is 9.86. The van der Waals surface area contributed by atoms with Gasteiger partial charge >= 0.3 is 0 Å². The predicted octanol–water partition coefficient (Wildman–Crippen LogP) is 8.54. The summed E-state index contributed by atoms with van der Waals surface area (Å²) in [6.07, 6.45) is 9.49. The number of hydrogen-bond donors (Lipinski definition) is 1. The van der Waals surface area contributed by atoms with Crippen molar-refractivity contribution in [2.24, 2.45) is 23.7 Å². The van der Waals surface area contributed by atoms with Crippen LogP contribution in [0.2, 0.25) is 5.04 Å². The van der Waals surface area contributed by atoms with Crippen LogP contribution in [0.15, 0.2) is 72.8 Å². The highest BCUT2D eigenvalue weighted by Gasteiger charge is 2.63. The summed E-state index contributed by atoms with van der Waals surface area (Å²) in [7, 11) is -2.71. The van der Waals surface area contributed by atoms with E-state index in [1.165, 1.54) is 10.4 Å². The third-order valence-corrected chi connectivity index (χ3v) is 18.4. The molecule has 51 heavy (non-hydrogen) atoms. The standard InChI is InChI=1S/C44H66O6Si/c1-11-35(30-46-51(40(7,8)9,36-20-15-13-16-21-36)37-22-17-14-18-23-37)39-31(3)28-32(4)43(48-39)25-19-26-44(50-43)33(5)29-42(12-2,49-44)38(45)24-27-41(10)34(6)47-41/h13-23,25,31-35,38-39,45H,11-12,24,26-30H2,1-10H3/t31-,32+,33+,34?,35-,38-,39-,41?,42+,43+,44-/m0/s1. The van der Waals surface area contributed by atoms with Crippen molar-refractivity contribution in [1.29, 1.82) is 0 Å². The second-order valence-corrected chi connectivity index (χ2v) is 22.1. The minimum atomic E-state index is -2.71. The molecule has 6 nitrogen and oxygen atoms in total. The van der Waals surface area contributed by atoms with Crippen LogP contribution in [-0.4, -0.2) is 61.1 Å². The Morgan fingerprint density at radius 2 is 1.51 bits per heavy atom. The summed E-state index contributed by atoms with van der Waals surface area (Å²) >= 11 is 0. The second kappa shape index (κ2) is 14.4. The summed E-state index contributed by atoms with van der Waals surface area (Å²) in [5.74, 6) is -1.03. The van der Waals surface area contributed by atoms with Crippen LogP contribution in [-0.2, 0) is 23.4 Å². The Labute approximate surface area is 309 Å². The molecule has 6 rings (SSSR count). The summed E-state index contributed by atoms with van der Waals surface area (Å²) < 4.78 is 35.1. The van der Waals surface area contributed by atoms with Gasteiger partial charge in [0.05, 0.1) is 29.5 Å². The van der Waals surface area contributed by atoms with Crippen LogP contribution in [0.4, 0.5) is 0 Å². The van der Waals surface area contributed by atoms with Gasteiger partial charge in [-0.3, -0.25) is 0 Å². The van der Waals surface area contributed by atoms with Crippen LogP contribution in [0.1, 0.15) is 114 Å². The molecule has 0 aromatic heterocycles. The first kappa shape index (κ1) is 38.9. The van der Waals surface area contributed by atoms with Crippen LogP contribution in [0, 0.1) is 23.7 Å². The van der Waals surface area contributed by atoms with Gasteiger partial charge in [0.1, 0.15) is 0 Å². The maximum absolute atomic E-state index is 11.7. The number of hydrogen-bond acceptors (Lipinski definition) is 6. The number of benzene rings is 2. The van der Waals surface area contributed by atoms with Gasteiger partial charge in [0.25, 0.3) is 8.32 Å². The molecule has 2 spiro atoms. The van der Waals surface area contributed by atoms with E-state index in [1.807, 2.05) is 0 Å². The Bertz CT molecular complexity index is 1450. The molecule has 1 N–H and O–H groups in total. The van der Waals surface area contributed by atoms with Gasteiger partial charge in [0.15, 0.2) is 11.6 Å². The normalized spacial score (nSPS) is 37.9. The lowest BCUT2D eigenvalue weighted by Crippen LogP contribution is -2.67. The number of ether oxygens (including phenoxy) is 4. The molecular formula is C44H66O6Si.